The lowest BCUT2D eigenvalue weighted by atomic mass is 9.84. The highest BCUT2D eigenvalue weighted by Gasteiger charge is 2.30. The highest BCUT2D eigenvalue weighted by Crippen LogP contribution is 2.48. The number of imidazole rings is 1. The van der Waals surface area contributed by atoms with Crippen LogP contribution in [0, 0.1) is 0 Å². The number of fused-ring (bicyclic) bond motifs is 18. The maximum absolute atomic E-state index is 5.66. The molecule has 1 aliphatic rings. The van der Waals surface area contributed by atoms with Gasteiger partial charge >= 0.3 is 0 Å². The summed E-state index contributed by atoms with van der Waals surface area (Å²) in [5, 5.41) is 15.5. The second-order valence-electron chi connectivity index (χ2n) is 15.9. The van der Waals surface area contributed by atoms with Gasteiger partial charge in [-0.05, 0) is 101 Å². The first-order chi connectivity index (χ1) is 28.2. The highest BCUT2D eigenvalue weighted by molar-refractivity contribution is 7.27. The van der Waals surface area contributed by atoms with Gasteiger partial charge in [0.25, 0.3) is 0 Å². The molecule has 1 unspecified atom stereocenters. The number of hydrogen-bond donors (Lipinski definition) is 0. The molecule has 57 heavy (non-hydrogen) atoms. The Kier molecular flexibility index (Phi) is 6.40. The predicted molar refractivity (Wildman–Crippen MR) is 244 cm³/mol. The normalized spacial score (nSPS) is 14.2. The first-order valence-corrected chi connectivity index (χ1v) is 20.7. The quantitative estimate of drug-likeness (QED) is 0.161. The zero-order valence-electron chi connectivity index (χ0n) is 31.3. The molecule has 0 N–H and O–H groups in total. The monoisotopic (exact) mass is 742 g/mol. The molecule has 0 aliphatic heterocycles. The molecule has 1 aliphatic carbocycles. The van der Waals surface area contributed by atoms with Gasteiger partial charge in [0, 0.05) is 27.0 Å². The smallest absolute Gasteiger partial charge is 0.156 e. The van der Waals surface area contributed by atoms with Crippen LogP contribution in [0.15, 0.2) is 170 Å². The van der Waals surface area contributed by atoms with E-state index >= 15 is 0 Å². The van der Waals surface area contributed by atoms with Crippen molar-refractivity contribution >= 4 is 91.0 Å². The van der Waals surface area contributed by atoms with Gasteiger partial charge in [0.15, 0.2) is 5.65 Å². The Balaban J connectivity index is 1.04. The third-order valence-corrected chi connectivity index (χ3v) is 14.0. The molecule has 0 amide bonds. The van der Waals surface area contributed by atoms with Gasteiger partial charge in [-0.25, -0.2) is 4.98 Å². The van der Waals surface area contributed by atoms with E-state index in [1.807, 2.05) is 11.3 Å². The Labute approximate surface area is 332 Å². The summed E-state index contributed by atoms with van der Waals surface area (Å²) in [6, 6.07) is 63.2. The summed E-state index contributed by atoms with van der Waals surface area (Å²) in [7, 11) is 0. The maximum atomic E-state index is 5.66. The number of benzene rings is 9. The lowest BCUT2D eigenvalue weighted by Crippen LogP contribution is -2.11. The number of nitrogens with zero attached hydrogens (tertiary/aromatic N) is 2. The van der Waals surface area contributed by atoms with E-state index in [4.69, 9.17) is 4.98 Å². The minimum atomic E-state index is 0.304. The fourth-order valence-corrected chi connectivity index (χ4v) is 11.4. The van der Waals surface area contributed by atoms with Crippen LogP contribution in [-0.2, 0) is 6.42 Å². The Hall–Kier alpha value is -6.81. The Morgan fingerprint density at radius 3 is 1.79 bits per heavy atom. The summed E-state index contributed by atoms with van der Waals surface area (Å²) < 4.78 is 5.09. The van der Waals surface area contributed by atoms with Crippen LogP contribution < -0.4 is 0 Å². The van der Waals surface area contributed by atoms with Crippen molar-refractivity contribution in [2.75, 3.05) is 0 Å². The minimum absolute atomic E-state index is 0.304. The van der Waals surface area contributed by atoms with Crippen molar-refractivity contribution in [1.29, 1.82) is 0 Å². The van der Waals surface area contributed by atoms with E-state index in [1.54, 1.807) is 0 Å². The number of hydrogen-bond acceptors (Lipinski definition) is 2. The Bertz CT molecular complexity index is 3640. The summed E-state index contributed by atoms with van der Waals surface area (Å²) in [6.07, 6.45) is 0.986. The molecule has 0 spiro atoms. The summed E-state index contributed by atoms with van der Waals surface area (Å²) in [5.41, 5.74) is 11.0. The van der Waals surface area contributed by atoms with Gasteiger partial charge in [0.05, 0.1) is 21.8 Å². The molecule has 3 heterocycles. The van der Waals surface area contributed by atoms with Crippen LogP contribution in [0.2, 0.25) is 0 Å². The average molecular weight is 743 g/mol. The lowest BCUT2D eigenvalue weighted by Gasteiger charge is -2.23. The minimum Gasteiger partial charge on any atom is -0.295 e. The number of thiophene rings is 1. The predicted octanol–water partition coefficient (Wildman–Crippen LogP) is 15.1. The van der Waals surface area contributed by atoms with E-state index in [2.05, 4.69) is 181 Å². The van der Waals surface area contributed by atoms with Gasteiger partial charge in [-0.3, -0.25) is 4.40 Å². The fourth-order valence-electron chi connectivity index (χ4n) is 10.1. The van der Waals surface area contributed by atoms with Gasteiger partial charge in [0.1, 0.15) is 0 Å². The molecule has 0 saturated heterocycles. The van der Waals surface area contributed by atoms with Gasteiger partial charge in [-0.2, -0.15) is 0 Å². The van der Waals surface area contributed by atoms with Gasteiger partial charge in [-0.1, -0.05) is 159 Å². The van der Waals surface area contributed by atoms with Gasteiger partial charge < -0.3 is 0 Å². The molecule has 2 nitrogen and oxygen atoms in total. The standard InChI is InChI=1S/C54H34N2S/c1-31-26-38-27-35-11-2-3-12-36(35)28-46(38)50-51(31)56-49(30-48-45-25-22-33-10-4-5-13-39(33)52(45)57-53(48)54(56)55-50)34-20-18-32(19-21-34)37-23-24-44-42-16-7-6-14-40(42)41-15-8-9-17-43(41)47(44)29-37/h2-25,27-31H,26H2,1H3. The molecular formula is C54H34N2S. The molecule has 0 bridgehead atoms. The van der Waals surface area contributed by atoms with Gasteiger partial charge in [0.2, 0.25) is 0 Å². The molecule has 1 atom stereocenters. The zero-order valence-corrected chi connectivity index (χ0v) is 32.1. The van der Waals surface area contributed by atoms with Crippen molar-refractivity contribution in [3.63, 3.8) is 0 Å². The highest BCUT2D eigenvalue weighted by atomic mass is 32.1. The van der Waals surface area contributed by atoms with Crippen LogP contribution in [0.25, 0.3) is 113 Å². The Morgan fingerprint density at radius 2 is 1.05 bits per heavy atom. The third-order valence-electron chi connectivity index (χ3n) is 12.7. The molecule has 3 aromatic heterocycles. The van der Waals surface area contributed by atoms with E-state index in [9.17, 15) is 0 Å². The molecule has 12 aromatic rings. The van der Waals surface area contributed by atoms with Crippen LogP contribution in [0.5, 0.6) is 0 Å². The number of pyridine rings is 1. The molecule has 266 valence electrons. The fraction of sp³-hybridized carbons (Fsp3) is 0.0556. The first kappa shape index (κ1) is 31.4. The van der Waals surface area contributed by atoms with E-state index in [1.165, 1.54) is 113 Å². The average Bonchev–Trinajstić information content (AvgIpc) is 3.86. The molecule has 0 saturated carbocycles. The van der Waals surface area contributed by atoms with Crippen LogP contribution in [-0.4, -0.2) is 9.38 Å². The molecule has 0 radical (unpaired) electrons. The largest absolute Gasteiger partial charge is 0.295 e. The van der Waals surface area contributed by atoms with Crippen molar-refractivity contribution in [2.45, 2.75) is 19.3 Å². The van der Waals surface area contributed by atoms with Crippen molar-refractivity contribution in [2.24, 2.45) is 0 Å². The van der Waals surface area contributed by atoms with Crippen LogP contribution in [0.4, 0.5) is 0 Å². The van der Waals surface area contributed by atoms with E-state index < -0.39 is 0 Å². The molecule has 13 rings (SSSR count). The van der Waals surface area contributed by atoms with Crippen LogP contribution in [0.3, 0.4) is 0 Å². The number of aromatic nitrogens is 2. The zero-order chi connectivity index (χ0) is 37.4. The molecular weight excluding hydrogens is 709 g/mol. The SMILES string of the molecule is CC1Cc2cc3ccccc3cc2-c2nc3c4sc5c6ccccc6ccc5c4cc(-c4ccc(-c5ccc6c7ccccc7c7ccccc7c6c5)cc4)n3c21. The van der Waals surface area contributed by atoms with Crippen LogP contribution >= 0.6 is 11.3 Å². The topological polar surface area (TPSA) is 17.3 Å². The summed E-state index contributed by atoms with van der Waals surface area (Å²) in [4.78, 5) is 5.66. The lowest BCUT2D eigenvalue weighted by molar-refractivity contribution is 0.715. The third kappa shape index (κ3) is 4.43. The van der Waals surface area contributed by atoms with Crippen LogP contribution in [0.1, 0.15) is 24.1 Å². The van der Waals surface area contributed by atoms with Crippen molar-refractivity contribution < 1.29 is 0 Å². The van der Waals surface area contributed by atoms with E-state index in [0.717, 1.165) is 17.8 Å². The molecule has 0 fully saturated rings. The summed E-state index contributed by atoms with van der Waals surface area (Å²) in [5.74, 6) is 0.304. The summed E-state index contributed by atoms with van der Waals surface area (Å²) >= 11 is 1.89. The van der Waals surface area contributed by atoms with Crippen molar-refractivity contribution in [1.82, 2.24) is 9.38 Å². The van der Waals surface area contributed by atoms with Crippen molar-refractivity contribution in [3.05, 3.63) is 181 Å². The molecule has 3 heteroatoms. The summed E-state index contributed by atoms with van der Waals surface area (Å²) in [6.45, 7) is 2.38. The van der Waals surface area contributed by atoms with E-state index in [0.29, 0.717) is 5.92 Å². The maximum Gasteiger partial charge on any atom is 0.156 e. The van der Waals surface area contributed by atoms with Gasteiger partial charge in [-0.15, -0.1) is 11.3 Å². The second-order valence-corrected chi connectivity index (χ2v) is 17.0. The second kappa shape index (κ2) is 11.6. The Morgan fingerprint density at radius 1 is 0.474 bits per heavy atom. The first-order valence-electron chi connectivity index (χ1n) is 19.9. The molecule has 9 aromatic carbocycles. The number of rotatable bonds is 2. The van der Waals surface area contributed by atoms with Crippen molar-refractivity contribution in [3.8, 4) is 33.6 Å². The van der Waals surface area contributed by atoms with E-state index in [-0.39, 0.29) is 0 Å².